The second-order valence-corrected chi connectivity index (χ2v) is 7.98. The second-order valence-electron chi connectivity index (χ2n) is 3.61. The predicted octanol–water partition coefficient (Wildman–Crippen LogP) is 1.82. The maximum atomic E-state index is 11.8. The Hall–Kier alpha value is -0.440. The molecule has 1 heterocycles. The van der Waals surface area contributed by atoms with Gasteiger partial charge < -0.3 is 5.11 Å². The summed E-state index contributed by atoms with van der Waals surface area (Å²) in [6, 6.07) is 1.54. The third-order valence-corrected chi connectivity index (χ3v) is 6.13. The Labute approximate surface area is 112 Å². The predicted molar refractivity (Wildman–Crippen MR) is 68.7 cm³/mol. The van der Waals surface area contributed by atoms with Gasteiger partial charge in [0, 0.05) is 6.54 Å². The summed E-state index contributed by atoms with van der Waals surface area (Å²) in [4.78, 5) is 10.6. The molecule has 0 spiro atoms. The molecule has 0 fully saturated rings. The van der Waals surface area contributed by atoms with Gasteiger partial charge in [0.05, 0.1) is 9.70 Å². The summed E-state index contributed by atoms with van der Waals surface area (Å²) in [6.45, 7) is 3.12. The van der Waals surface area contributed by atoms with Crippen molar-refractivity contribution in [3.05, 3.63) is 15.4 Å². The summed E-state index contributed by atoms with van der Waals surface area (Å²) < 4.78 is 26.8. The second kappa shape index (κ2) is 5.47. The van der Waals surface area contributed by atoms with E-state index in [9.17, 15) is 13.2 Å². The number of hydrogen-bond acceptors (Lipinski definition) is 4. The zero-order valence-corrected chi connectivity index (χ0v) is 12.4. The van der Waals surface area contributed by atoms with Crippen LogP contribution in [0.1, 0.15) is 12.5 Å². The molecule has 17 heavy (non-hydrogen) atoms. The van der Waals surface area contributed by atoms with Gasteiger partial charge in [-0.05, 0) is 34.5 Å². The van der Waals surface area contributed by atoms with Crippen LogP contribution in [0.2, 0.25) is 0 Å². The van der Waals surface area contributed by atoms with Crippen molar-refractivity contribution in [3.8, 4) is 0 Å². The summed E-state index contributed by atoms with van der Waals surface area (Å²) in [5.74, 6) is -1.79. The number of halogens is 1. The number of carbonyl (C=O) groups is 1. The molecule has 8 heteroatoms. The first-order valence-corrected chi connectivity index (χ1v) is 7.81. The summed E-state index contributed by atoms with van der Waals surface area (Å²) in [5, 5.41) is 8.66. The molecular weight excluding hydrogens is 330 g/mol. The lowest BCUT2D eigenvalue weighted by molar-refractivity contribution is -0.140. The quantitative estimate of drug-likeness (QED) is 0.855. The van der Waals surface area contributed by atoms with Gasteiger partial charge in [-0.2, -0.15) is 0 Å². The Morgan fingerprint density at radius 1 is 1.65 bits per heavy atom. The van der Waals surface area contributed by atoms with Crippen molar-refractivity contribution in [3.63, 3.8) is 0 Å². The van der Waals surface area contributed by atoms with Crippen LogP contribution < -0.4 is 4.72 Å². The summed E-state index contributed by atoms with van der Waals surface area (Å²) in [6.07, 6.45) is 0. The van der Waals surface area contributed by atoms with Gasteiger partial charge in [-0.15, -0.1) is 11.3 Å². The van der Waals surface area contributed by atoms with Gasteiger partial charge in [-0.25, -0.2) is 13.1 Å². The highest BCUT2D eigenvalue weighted by atomic mass is 79.9. The summed E-state index contributed by atoms with van der Waals surface area (Å²) >= 11 is 4.34. The Balaban J connectivity index is 2.79. The Kier molecular flexibility index (Phi) is 4.70. The normalized spacial score (nSPS) is 13.6. The fourth-order valence-electron chi connectivity index (χ4n) is 0.957. The van der Waals surface area contributed by atoms with Gasteiger partial charge in [0.25, 0.3) is 0 Å². The number of sulfonamides is 1. The van der Waals surface area contributed by atoms with Crippen LogP contribution >= 0.6 is 27.3 Å². The zero-order valence-electron chi connectivity index (χ0n) is 9.23. The monoisotopic (exact) mass is 341 g/mol. The molecule has 1 aromatic rings. The van der Waals surface area contributed by atoms with Gasteiger partial charge in [0.2, 0.25) is 10.0 Å². The van der Waals surface area contributed by atoms with E-state index in [1.165, 1.54) is 6.92 Å². The van der Waals surface area contributed by atoms with E-state index in [0.717, 1.165) is 20.7 Å². The molecule has 0 aliphatic rings. The van der Waals surface area contributed by atoms with Crippen molar-refractivity contribution in [2.75, 3.05) is 6.54 Å². The van der Waals surface area contributed by atoms with E-state index in [1.807, 2.05) is 0 Å². The van der Waals surface area contributed by atoms with E-state index in [2.05, 4.69) is 20.7 Å². The Morgan fingerprint density at radius 3 is 2.65 bits per heavy atom. The lowest BCUT2D eigenvalue weighted by Crippen LogP contribution is -2.31. The van der Waals surface area contributed by atoms with Crippen LogP contribution in [-0.4, -0.2) is 26.0 Å². The maximum Gasteiger partial charge on any atom is 0.307 e. The van der Waals surface area contributed by atoms with Crippen LogP contribution in [0.4, 0.5) is 0 Å². The summed E-state index contributed by atoms with van der Waals surface area (Å²) in [7, 11) is -3.62. The fraction of sp³-hybridized carbons (Fsp3) is 0.444. The minimum atomic E-state index is -3.62. The molecule has 1 rings (SSSR count). The molecule has 0 amide bonds. The fourth-order valence-corrected chi connectivity index (χ4v) is 4.36. The first-order valence-electron chi connectivity index (χ1n) is 4.72. The first-order chi connectivity index (χ1) is 7.74. The zero-order chi connectivity index (χ0) is 13.2. The van der Waals surface area contributed by atoms with Crippen molar-refractivity contribution < 1.29 is 18.3 Å². The van der Waals surface area contributed by atoms with E-state index in [0.29, 0.717) is 0 Å². The van der Waals surface area contributed by atoms with Gasteiger partial charge in [0.15, 0.2) is 0 Å². The third kappa shape index (κ3) is 3.77. The van der Waals surface area contributed by atoms with Crippen molar-refractivity contribution in [2.45, 2.75) is 18.1 Å². The van der Waals surface area contributed by atoms with E-state index < -0.39 is 21.9 Å². The summed E-state index contributed by atoms with van der Waals surface area (Å²) in [5.41, 5.74) is 0.835. The average Bonchev–Trinajstić information content (AvgIpc) is 2.56. The van der Waals surface area contributed by atoms with Crippen LogP contribution in [0.3, 0.4) is 0 Å². The van der Waals surface area contributed by atoms with Crippen LogP contribution in [0, 0.1) is 12.8 Å². The molecule has 1 unspecified atom stereocenters. The van der Waals surface area contributed by atoms with Crippen molar-refractivity contribution >= 4 is 43.3 Å². The van der Waals surface area contributed by atoms with E-state index in [1.54, 1.807) is 13.0 Å². The topological polar surface area (TPSA) is 83.5 Å². The van der Waals surface area contributed by atoms with Gasteiger partial charge in [0.1, 0.15) is 4.21 Å². The highest BCUT2D eigenvalue weighted by Crippen LogP contribution is 2.30. The molecule has 96 valence electrons. The first kappa shape index (κ1) is 14.6. The molecule has 0 saturated heterocycles. The molecule has 0 aliphatic heterocycles. The number of hydrogen-bond donors (Lipinski definition) is 2. The van der Waals surface area contributed by atoms with Gasteiger partial charge >= 0.3 is 5.97 Å². The van der Waals surface area contributed by atoms with Crippen LogP contribution in [0.5, 0.6) is 0 Å². The highest BCUT2D eigenvalue weighted by Gasteiger charge is 2.20. The van der Waals surface area contributed by atoms with Gasteiger partial charge in [-0.3, -0.25) is 4.79 Å². The average molecular weight is 342 g/mol. The maximum absolute atomic E-state index is 11.8. The number of rotatable bonds is 5. The van der Waals surface area contributed by atoms with E-state index >= 15 is 0 Å². The van der Waals surface area contributed by atoms with Crippen LogP contribution in [0.15, 0.2) is 14.1 Å². The Bertz CT molecular complexity index is 504. The molecule has 0 aromatic carbocycles. The minimum absolute atomic E-state index is 0.119. The lowest BCUT2D eigenvalue weighted by atomic mass is 10.2. The minimum Gasteiger partial charge on any atom is -0.481 e. The molecule has 5 nitrogen and oxygen atoms in total. The number of carboxylic acid groups (broad SMARTS) is 1. The molecule has 0 radical (unpaired) electrons. The lowest BCUT2D eigenvalue weighted by Gasteiger charge is -2.07. The van der Waals surface area contributed by atoms with Crippen LogP contribution in [0.25, 0.3) is 0 Å². The molecular formula is C9H12BrNO4S2. The third-order valence-electron chi connectivity index (χ3n) is 2.10. The molecule has 1 atom stereocenters. The van der Waals surface area contributed by atoms with Crippen molar-refractivity contribution in [1.82, 2.24) is 4.72 Å². The van der Waals surface area contributed by atoms with E-state index in [4.69, 9.17) is 5.11 Å². The molecule has 0 saturated carbocycles. The smallest absolute Gasteiger partial charge is 0.307 e. The molecule has 0 bridgehead atoms. The molecule has 1 aromatic heterocycles. The largest absolute Gasteiger partial charge is 0.481 e. The Morgan fingerprint density at radius 2 is 2.24 bits per heavy atom. The van der Waals surface area contributed by atoms with Crippen LogP contribution in [-0.2, 0) is 14.8 Å². The number of aliphatic carboxylic acids is 1. The van der Waals surface area contributed by atoms with Crippen molar-refractivity contribution in [2.24, 2.45) is 5.92 Å². The molecule has 0 aliphatic carbocycles. The standard InChI is InChI=1S/C9H12BrNO4S2/c1-5-3-7(16-8(5)10)17(14,15)11-4-6(2)9(12)13/h3,6,11H,4H2,1-2H3,(H,12,13). The van der Waals surface area contributed by atoms with Crippen molar-refractivity contribution in [1.29, 1.82) is 0 Å². The van der Waals surface area contributed by atoms with E-state index in [-0.39, 0.29) is 10.8 Å². The molecule has 2 N–H and O–H groups in total. The highest BCUT2D eigenvalue weighted by molar-refractivity contribution is 9.11. The number of nitrogens with one attached hydrogen (secondary N) is 1. The number of carboxylic acids is 1. The SMILES string of the molecule is Cc1cc(S(=O)(=O)NCC(C)C(=O)O)sc1Br. The number of aryl methyl sites for hydroxylation is 1. The number of thiophene rings is 1. The van der Waals surface area contributed by atoms with Gasteiger partial charge in [-0.1, -0.05) is 6.92 Å².